The largest absolute Gasteiger partial charge is 0.281 e. The lowest BCUT2D eigenvalue weighted by Crippen LogP contribution is -2.15. The maximum absolute atomic E-state index is 12.1. The molecule has 0 saturated heterocycles. The lowest BCUT2D eigenvalue weighted by Gasteiger charge is -2.09. The molecule has 1 heterocycles. The van der Waals surface area contributed by atoms with Gasteiger partial charge in [-0.15, -0.1) is 0 Å². The standard InChI is InChI=1S/C13H10BrN3O2S/c14-13-12(5-2-6-16-13)17-20(18,19)9-11-4-1-3-10(7-11)8-15/h1-7,17H,9H2. The number of rotatable bonds is 4. The molecule has 0 amide bonds. The summed E-state index contributed by atoms with van der Waals surface area (Å²) in [6, 6.07) is 11.7. The third-order valence-electron chi connectivity index (χ3n) is 2.44. The Labute approximate surface area is 125 Å². The van der Waals surface area contributed by atoms with Gasteiger partial charge in [0.1, 0.15) is 4.60 Å². The predicted molar refractivity (Wildman–Crippen MR) is 79.3 cm³/mol. The zero-order valence-corrected chi connectivity index (χ0v) is 12.6. The highest BCUT2D eigenvalue weighted by Crippen LogP contribution is 2.20. The predicted octanol–water partition coefficient (Wildman–Crippen LogP) is 2.66. The molecule has 0 saturated carbocycles. The minimum absolute atomic E-state index is 0.205. The lowest BCUT2D eigenvalue weighted by molar-refractivity contribution is 0.600. The van der Waals surface area contributed by atoms with Crippen LogP contribution in [0.25, 0.3) is 0 Å². The molecule has 0 aliphatic rings. The number of sulfonamides is 1. The van der Waals surface area contributed by atoms with Gasteiger partial charge in [-0.3, -0.25) is 4.72 Å². The van der Waals surface area contributed by atoms with E-state index in [1.807, 2.05) is 6.07 Å². The molecular weight excluding hydrogens is 342 g/mol. The summed E-state index contributed by atoms with van der Waals surface area (Å²) in [5.41, 5.74) is 1.36. The van der Waals surface area contributed by atoms with Crippen LogP contribution in [0.15, 0.2) is 47.2 Å². The van der Waals surface area contributed by atoms with Crippen molar-refractivity contribution in [1.29, 1.82) is 5.26 Å². The molecule has 1 N–H and O–H groups in total. The molecule has 0 atom stereocenters. The molecule has 2 rings (SSSR count). The Morgan fingerprint density at radius 1 is 1.30 bits per heavy atom. The van der Waals surface area contributed by atoms with Gasteiger partial charge in [-0.25, -0.2) is 13.4 Å². The zero-order chi connectivity index (χ0) is 14.6. The van der Waals surface area contributed by atoms with Crippen molar-refractivity contribution in [3.63, 3.8) is 0 Å². The van der Waals surface area contributed by atoms with Crippen molar-refractivity contribution in [2.75, 3.05) is 4.72 Å². The molecule has 0 aliphatic heterocycles. The molecule has 7 heteroatoms. The van der Waals surface area contributed by atoms with Crippen molar-refractivity contribution in [1.82, 2.24) is 4.98 Å². The van der Waals surface area contributed by atoms with Crippen LogP contribution in [0.2, 0.25) is 0 Å². The van der Waals surface area contributed by atoms with Crippen LogP contribution in [0.5, 0.6) is 0 Å². The van der Waals surface area contributed by atoms with Crippen LogP contribution in [0.1, 0.15) is 11.1 Å². The van der Waals surface area contributed by atoms with Crippen LogP contribution in [0, 0.1) is 11.3 Å². The normalized spacial score (nSPS) is 10.8. The Morgan fingerprint density at radius 2 is 2.10 bits per heavy atom. The smallest absolute Gasteiger partial charge is 0.237 e. The molecule has 5 nitrogen and oxygen atoms in total. The number of pyridine rings is 1. The molecule has 0 unspecified atom stereocenters. The van der Waals surface area contributed by atoms with Crippen LogP contribution < -0.4 is 4.72 Å². The molecular formula is C13H10BrN3O2S. The lowest BCUT2D eigenvalue weighted by atomic mass is 10.2. The van der Waals surface area contributed by atoms with Crippen molar-refractivity contribution < 1.29 is 8.42 Å². The highest BCUT2D eigenvalue weighted by Gasteiger charge is 2.14. The summed E-state index contributed by atoms with van der Waals surface area (Å²) >= 11 is 3.18. The number of nitriles is 1. The number of hydrogen-bond acceptors (Lipinski definition) is 4. The van der Waals surface area contributed by atoms with E-state index in [4.69, 9.17) is 5.26 Å². The van der Waals surface area contributed by atoms with Crippen molar-refractivity contribution >= 4 is 31.6 Å². The van der Waals surface area contributed by atoms with E-state index in [0.29, 0.717) is 21.4 Å². The Kier molecular flexibility index (Phi) is 4.37. The second kappa shape index (κ2) is 6.03. The van der Waals surface area contributed by atoms with E-state index in [0.717, 1.165) is 0 Å². The number of aromatic nitrogens is 1. The Balaban J connectivity index is 2.20. The summed E-state index contributed by atoms with van der Waals surface area (Å²) in [7, 11) is -3.56. The SMILES string of the molecule is N#Cc1cccc(CS(=O)(=O)Nc2cccnc2Br)c1. The molecule has 0 fully saturated rings. The fourth-order valence-electron chi connectivity index (χ4n) is 1.62. The van der Waals surface area contributed by atoms with Gasteiger partial charge < -0.3 is 0 Å². The third kappa shape index (κ3) is 3.79. The number of nitrogens with one attached hydrogen (secondary N) is 1. The Morgan fingerprint density at radius 3 is 2.80 bits per heavy atom. The van der Waals surface area contributed by atoms with E-state index < -0.39 is 10.0 Å². The molecule has 20 heavy (non-hydrogen) atoms. The number of nitrogens with zero attached hydrogens (tertiary/aromatic N) is 2. The first kappa shape index (κ1) is 14.5. The molecule has 0 bridgehead atoms. The second-order valence-electron chi connectivity index (χ2n) is 4.02. The van der Waals surface area contributed by atoms with Gasteiger partial charge in [0.25, 0.3) is 0 Å². The molecule has 2 aromatic rings. The minimum atomic E-state index is -3.56. The Bertz CT molecular complexity index is 769. The number of halogens is 1. The van der Waals surface area contributed by atoms with Crippen molar-refractivity contribution in [2.24, 2.45) is 0 Å². The van der Waals surface area contributed by atoms with Gasteiger partial charge in [-0.1, -0.05) is 12.1 Å². The average Bonchev–Trinajstić information content (AvgIpc) is 2.41. The molecule has 0 radical (unpaired) electrons. The maximum Gasteiger partial charge on any atom is 0.237 e. The molecule has 0 spiro atoms. The van der Waals surface area contributed by atoms with Crippen LogP contribution in [-0.2, 0) is 15.8 Å². The summed E-state index contributed by atoms with van der Waals surface area (Å²) in [4.78, 5) is 3.94. The third-order valence-corrected chi connectivity index (χ3v) is 4.31. The van der Waals surface area contributed by atoms with E-state index in [9.17, 15) is 8.42 Å². The van der Waals surface area contributed by atoms with Crippen LogP contribution >= 0.6 is 15.9 Å². The zero-order valence-electron chi connectivity index (χ0n) is 10.2. The van der Waals surface area contributed by atoms with E-state index in [1.54, 1.807) is 42.6 Å². The van der Waals surface area contributed by atoms with Gasteiger partial charge in [0, 0.05) is 6.20 Å². The minimum Gasteiger partial charge on any atom is -0.281 e. The van der Waals surface area contributed by atoms with Gasteiger partial charge in [0.15, 0.2) is 0 Å². The average molecular weight is 352 g/mol. The van der Waals surface area contributed by atoms with Crippen molar-refractivity contribution in [3.05, 3.63) is 58.3 Å². The van der Waals surface area contributed by atoms with Crippen molar-refractivity contribution in [2.45, 2.75) is 5.75 Å². The van der Waals surface area contributed by atoms with E-state index in [-0.39, 0.29) is 5.75 Å². The summed E-state index contributed by atoms with van der Waals surface area (Å²) in [5, 5.41) is 8.80. The van der Waals surface area contributed by atoms with Crippen LogP contribution in [-0.4, -0.2) is 13.4 Å². The van der Waals surface area contributed by atoms with E-state index in [2.05, 4.69) is 25.6 Å². The van der Waals surface area contributed by atoms with Gasteiger partial charge >= 0.3 is 0 Å². The van der Waals surface area contributed by atoms with Crippen molar-refractivity contribution in [3.8, 4) is 6.07 Å². The molecule has 102 valence electrons. The fourth-order valence-corrected chi connectivity index (χ4v) is 3.29. The first-order valence-corrected chi connectivity index (χ1v) is 8.05. The second-order valence-corrected chi connectivity index (χ2v) is 6.49. The van der Waals surface area contributed by atoms with E-state index >= 15 is 0 Å². The maximum atomic E-state index is 12.1. The first-order valence-electron chi connectivity index (χ1n) is 5.60. The quantitative estimate of drug-likeness (QED) is 0.858. The highest BCUT2D eigenvalue weighted by atomic mass is 79.9. The monoisotopic (exact) mass is 351 g/mol. The number of anilines is 1. The summed E-state index contributed by atoms with van der Waals surface area (Å²) in [5.74, 6) is -0.205. The molecule has 1 aromatic carbocycles. The highest BCUT2D eigenvalue weighted by molar-refractivity contribution is 9.10. The van der Waals surface area contributed by atoms with Gasteiger partial charge in [-0.05, 0) is 45.8 Å². The number of hydrogen-bond donors (Lipinski definition) is 1. The molecule has 0 aliphatic carbocycles. The van der Waals surface area contributed by atoms with Crippen LogP contribution in [0.3, 0.4) is 0 Å². The Hall–Kier alpha value is -1.91. The van der Waals surface area contributed by atoms with Gasteiger partial charge in [-0.2, -0.15) is 5.26 Å². The topological polar surface area (TPSA) is 82.8 Å². The summed E-state index contributed by atoms with van der Waals surface area (Å²) in [6.45, 7) is 0. The summed E-state index contributed by atoms with van der Waals surface area (Å²) < 4.78 is 27.0. The van der Waals surface area contributed by atoms with Crippen LogP contribution in [0.4, 0.5) is 5.69 Å². The summed E-state index contributed by atoms with van der Waals surface area (Å²) in [6.07, 6.45) is 1.55. The van der Waals surface area contributed by atoms with Gasteiger partial charge in [0.2, 0.25) is 10.0 Å². The molecule has 1 aromatic heterocycles. The first-order chi connectivity index (χ1) is 9.50. The van der Waals surface area contributed by atoms with E-state index in [1.165, 1.54) is 0 Å². The van der Waals surface area contributed by atoms with Gasteiger partial charge in [0.05, 0.1) is 23.1 Å². The number of benzene rings is 1. The fraction of sp³-hybridized carbons (Fsp3) is 0.0769.